The lowest BCUT2D eigenvalue weighted by molar-refractivity contribution is -0.896. The lowest BCUT2D eigenvalue weighted by atomic mass is 9.99. The Labute approximate surface area is 87.7 Å². The first-order valence-electron chi connectivity index (χ1n) is 4.41. The maximum atomic E-state index is 13.7. The van der Waals surface area contributed by atoms with Crippen LogP contribution < -0.4 is 5.11 Å². The molecule has 1 N–H and O–H groups in total. The molecule has 0 heterocycles. The summed E-state index contributed by atoms with van der Waals surface area (Å²) in [6.45, 7) is 1.11. The van der Waals surface area contributed by atoms with Crippen LogP contribution in [0.15, 0.2) is 0 Å². The fraction of sp³-hybridized carbons (Fsp3) is 0.778. The molecule has 0 amide bonds. The van der Waals surface area contributed by atoms with Gasteiger partial charge in [-0.1, -0.05) is 0 Å². The van der Waals surface area contributed by atoms with E-state index in [4.69, 9.17) is 0 Å². The largest absolute Gasteiger partial charge is 0.550 e. The number of likely N-dealkylation sites (N-methyl/N-ethyl adjacent to an activating group) is 1. The van der Waals surface area contributed by atoms with Crippen molar-refractivity contribution in [3.63, 3.8) is 0 Å². The minimum atomic E-state index is -3.09. The van der Waals surface area contributed by atoms with Crippen LogP contribution in [0, 0.1) is 0 Å². The Morgan fingerprint density at radius 2 is 1.87 bits per heavy atom. The number of hydrogen-bond donors (Lipinski definition) is 1. The van der Waals surface area contributed by atoms with E-state index in [0.29, 0.717) is 0 Å². The number of alkyl halides is 1. The molecular weight excluding hydrogens is 205 g/mol. The molecule has 0 aromatic carbocycles. The Hall–Kier alpha value is -1.01. The fourth-order valence-electron chi connectivity index (χ4n) is 1.75. The van der Waals surface area contributed by atoms with Crippen molar-refractivity contribution in [1.82, 2.24) is 0 Å². The first kappa shape index (κ1) is 14.0. The van der Waals surface area contributed by atoms with Gasteiger partial charge in [0.15, 0.2) is 5.78 Å². The van der Waals surface area contributed by atoms with Crippen molar-refractivity contribution in [2.75, 3.05) is 21.1 Å². The zero-order valence-electron chi connectivity index (χ0n) is 9.28. The smallest absolute Gasteiger partial charge is 0.271 e. The average Bonchev–Trinajstić information content (AvgIpc) is 1.74. The van der Waals surface area contributed by atoms with Gasteiger partial charge in [0.2, 0.25) is 6.04 Å². The van der Waals surface area contributed by atoms with E-state index in [-0.39, 0.29) is 4.48 Å². The molecule has 0 aliphatic rings. The molecule has 0 bridgehead atoms. The summed E-state index contributed by atoms with van der Waals surface area (Å²) in [7, 11) is 4.48. The van der Waals surface area contributed by atoms with Gasteiger partial charge in [-0.25, -0.2) is 4.39 Å². The summed E-state index contributed by atoms with van der Waals surface area (Å²) < 4.78 is 13.5. The van der Waals surface area contributed by atoms with E-state index < -0.39 is 30.1 Å². The number of quaternary nitrogens is 1. The second-order valence-electron chi connectivity index (χ2n) is 4.50. The van der Waals surface area contributed by atoms with Gasteiger partial charge in [-0.05, 0) is 0 Å². The van der Waals surface area contributed by atoms with E-state index in [0.717, 1.165) is 6.92 Å². The number of aliphatic carboxylic acids is 1. The van der Waals surface area contributed by atoms with Gasteiger partial charge in [-0.15, -0.1) is 0 Å². The van der Waals surface area contributed by atoms with Crippen molar-refractivity contribution in [1.29, 1.82) is 0 Å². The van der Waals surface area contributed by atoms with Crippen LogP contribution in [-0.4, -0.2) is 54.4 Å². The van der Waals surface area contributed by atoms with Gasteiger partial charge < -0.3 is 19.5 Å². The van der Waals surface area contributed by atoms with Gasteiger partial charge in [0.05, 0.1) is 27.6 Å². The number of halogens is 1. The summed E-state index contributed by atoms with van der Waals surface area (Å²) in [5.41, 5.74) is 0. The van der Waals surface area contributed by atoms with Crippen LogP contribution in [0.25, 0.3) is 0 Å². The highest BCUT2D eigenvalue weighted by atomic mass is 19.2. The summed E-state index contributed by atoms with van der Waals surface area (Å²) in [5, 5.41) is 19.6. The minimum Gasteiger partial charge on any atom is -0.550 e. The highest BCUT2D eigenvalue weighted by molar-refractivity contribution is 5.82. The highest BCUT2D eigenvalue weighted by Crippen LogP contribution is 2.24. The van der Waals surface area contributed by atoms with Gasteiger partial charge >= 0.3 is 0 Å². The molecule has 0 aromatic rings. The van der Waals surface area contributed by atoms with Gasteiger partial charge in [0.25, 0.3) is 5.85 Å². The van der Waals surface area contributed by atoms with Crippen molar-refractivity contribution >= 4 is 11.8 Å². The number of carboxylic acid groups (broad SMARTS) is 1. The summed E-state index contributed by atoms with van der Waals surface area (Å²) >= 11 is 0. The predicted octanol–water partition coefficient (Wildman–Crippen LogP) is -1.55. The van der Waals surface area contributed by atoms with Crippen molar-refractivity contribution in [2.45, 2.75) is 25.2 Å². The third-order valence-electron chi connectivity index (χ3n) is 1.97. The molecule has 2 unspecified atom stereocenters. The van der Waals surface area contributed by atoms with E-state index in [1.165, 1.54) is 21.1 Å². The highest BCUT2D eigenvalue weighted by Gasteiger charge is 2.49. The molecule has 0 radical (unpaired) electrons. The van der Waals surface area contributed by atoms with Crippen molar-refractivity contribution in [2.24, 2.45) is 0 Å². The Bertz CT molecular complexity index is 270. The van der Waals surface area contributed by atoms with E-state index in [1.807, 2.05) is 0 Å². The maximum Gasteiger partial charge on any atom is 0.271 e. The molecule has 0 aromatic heterocycles. The summed E-state index contributed by atoms with van der Waals surface area (Å²) in [6, 6.07) is -1.45. The zero-order valence-corrected chi connectivity index (χ0v) is 9.28. The zero-order chi connectivity index (χ0) is 12.4. The van der Waals surface area contributed by atoms with Crippen LogP contribution in [0.5, 0.6) is 0 Å². The number of nitrogens with zero attached hydrogens (tertiary/aromatic N) is 1. The number of ketones is 1. The average molecular weight is 221 g/mol. The molecule has 0 spiro atoms. The lowest BCUT2D eigenvalue weighted by Gasteiger charge is -2.38. The molecule has 5 nitrogen and oxygen atoms in total. The predicted molar refractivity (Wildman–Crippen MR) is 48.2 cm³/mol. The molecule has 0 saturated heterocycles. The van der Waals surface area contributed by atoms with Crippen LogP contribution >= 0.6 is 0 Å². The Morgan fingerprint density at radius 1 is 1.47 bits per heavy atom. The van der Waals surface area contributed by atoms with Crippen LogP contribution in [0.3, 0.4) is 0 Å². The molecule has 0 aliphatic carbocycles. The normalized spacial score (nSPS) is 18.0. The number of rotatable bonds is 5. The monoisotopic (exact) mass is 221 g/mol. The lowest BCUT2D eigenvalue weighted by Crippen LogP contribution is -2.61. The molecule has 0 rings (SSSR count). The fourth-order valence-corrected chi connectivity index (χ4v) is 1.75. The van der Waals surface area contributed by atoms with Crippen LogP contribution in [-0.2, 0) is 9.59 Å². The molecule has 6 heteroatoms. The minimum absolute atomic E-state index is 0.199. The van der Waals surface area contributed by atoms with Gasteiger partial charge in [0.1, 0.15) is 0 Å². The van der Waals surface area contributed by atoms with Gasteiger partial charge in [-0.3, -0.25) is 4.79 Å². The molecule has 2 atom stereocenters. The van der Waals surface area contributed by atoms with E-state index in [2.05, 4.69) is 0 Å². The number of carbonyl (C=O) groups excluding carboxylic acids is 2. The Balaban J connectivity index is 5.08. The summed E-state index contributed by atoms with van der Waals surface area (Å²) in [6.07, 6.45) is -1.22. The Morgan fingerprint density at radius 3 is 2.07 bits per heavy atom. The van der Waals surface area contributed by atoms with Crippen LogP contribution in [0.4, 0.5) is 4.39 Å². The first-order valence-corrected chi connectivity index (χ1v) is 4.41. The summed E-state index contributed by atoms with van der Waals surface area (Å²) in [5.74, 6) is -5.45. The second-order valence-corrected chi connectivity index (χ2v) is 4.50. The second kappa shape index (κ2) is 4.24. The Kier molecular flexibility index (Phi) is 3.95. The molecule has 0 saturated carbocycles. The molecule has 0 aliphatic heterocycles. The standard InChI is InChI=1S/C9H16FNO4/c1-6(12)8(11(2,3)4)9(10,15)5-7(13)14/h8,15H,5H2,1-4H3. The van der Waals surface area contributed by atoms with Crippen molar-refractivity contribution < 1.29 is 28.7 Å². The van der Waals surface area contributed by atoms with Crippen molar-refractivity contribution in [3.05, 3.63) is 0 Å². The SMILES string of the molecule is CC(=O)C(C(O)(F)CC(=O)[O-])[N+](C)(C)C. The molecule has 88 valence electrons. The number of hydrogen-bond acceptors (Lipinski definition) is 4. The molecule has 15 heavy (non-hydrogen) atoms. The van der Waals surface area contributed by atoms with Gasteiger partial charge in [0, 0.05) is 12.9 Å². The van der Waals surface area contributed by atoms with E-state index >= 15 is 0 Å². The number of Topliss-reactive ketones (excluding diaryl/α,β-unsaturated/α-hetero) is 1. The van der Waals surface area contributed by atoms with E-state index in [1.54, 1.807) is 0 Å². The van der Waals surface area contributed by atoms with Crippen LogP contribution in [0.1, 0.15) is 13.3 Å². The number of aliphatic hydroxyl groups is 1. The third-order valence-corrected chi connectivity index (χ3v) is 1.97. The first-order chi connectivity index (χ1) is 6.48. The van der Waals surface area contributed by atoms with Crippen LogP contribution in [0.2, 0.25) is 0 Å². The third kappa shape index (κ3) is 3.93. The number of carboxylic acids is 1. The topological polar surface area (TPSA) is 77.4 Å². The quantitative estimate of drug-likeness (QED) is 0.570. The van der Waals surface area contributed by atoms with E-state index in [9.17, 15) is 24.2 Å². The summed E-state index contributed by atoms with van der Waals surface area (Å²) in [4.78, 5) is 21.4. The maximum absolute atomic E-state index is 13.7. The number of carbonyl (C=O) groups is 2. The van der Waals surface area contributed by atoms with Crippen molar-refractivity contribution in [3.8, 4) is 0 Å². The van der Waals surface area contributed by atoms with Gasteiger partial charge in [-0.2, -0.15) is 0 Å². The molecule has 0 fully saturated rings. The molecular formula is C9H16FNO4.